The van der Waals surface area contributed by atoms with Crippen LogP contribution in [0.4, 0.5) is 9.59 Å². The van der Waals surface area contributed by atoms with E-state index < -0.39 is 35.4 Å². The number of alkyl carbamates (subject to hydrolysis) is 1. The van der Waals surface area contributed by atoms with Crippen molar-refractivity contribution in [3.63, 3.8) is 0 Å². The van der Waals surface area contributed by atoms with Crippen molar-refractivity contribution < 1.29 is 28.7 Å². The molecule has 0 bridgehead atoms. The molecule has 0 saturated heterocycles. The van der Waals surface area contributed by atoms with Crippen molar-refractivity contribution in [3.05, 3.63) is 0 Å². The minimum absolute atomic E-state index is 0.351. The molecule has 140 valence electrons. The molecular formula is C15H28N2O6S. The molecule has 0 fully saturated rings. The molecule has 24 heavy (non-hydrogen) atoms. The van der Waals surface area contributed by atoms with Crippen LogP contribution in [-0.4, -0.2) is 47.4 Å². The summed E-state index contributed by atoms with van der Waals surface area (Å²) in [6.45, 7) is 10.2. The van der Waals surface area contributed by atoms with E-state index in [-0.39, 0.29) is 0 Å². The number of rotatable bonds is 5. The molecule has 2 amide bonds. The van der Waals surface area contributed by atoms with Crippen LogP contribution in [0.1, 0.15) is 48.0 Å². The first kappa shape index (κ1) is 22.4. The zero-order valence-corrected chi connectivity index (χ0v) is 16.2. The molecule has 0 aliphatic rings. The van der Waals surface area contributed by atoms with Crippen molar-refractivity contribution in [3.8, 4) is 0 Å². The van der Waals surface area contributed by atoms with E-state index in [9.17, 15) is 14.4 Å². The summed E-state index contributed by atoms with van der Waals surface area (Å²) in [5.74, 6) is -0.0406. The van der Waals surface area contributed by atoms with Crippen LogP contribution in [0.5, 0.6) is 0 Å². The number of thioether (sulfide) groups is 1. The Morgan fingerprint density at radius 3 is 2.00 bits per heavy atom. The average molecular weight is 364 g/mol. The molecule has 0 aromatic rings. The van der Waals surface area contributed by atoms with E-state index in [0.29, 0.717) is 12.2 Å². The maximum absolute atomic E-state index is 12.1. The van der Waals surface area contributed by atoms with Gasteiger partial charge in [0.15, 0.2) is 0 Å². The van der Waals surface area contributed by atoms with Crippen LogP contribution in [0.15, 0.2) is 0 Å². The van der Waals surface area contributed by atoms with Crippen molar-refractivity contribution in [1.82, 2.24) is 10.8 Å². The Bertz CT molecular complexity index is 442. The minimum Gasteiger partial charge on any atom is -0.444 e. The highest BCUT2D eigenvalue weighted by atomic mass is 32.2. The largest absolute Gasteiger partial charge is 0.533 e. The SMILES string of the molecule is CSCC[C@H](NC(=O)OC(C)(C)C)C(=O)NOC(=O)OC(C)(C)C. The van der Waals surface area contributed by atoms with Crippen LogP contribution >= 0.6 is 11.8 Å². The number of hydroxylamine groups is 1. The van der Waals surface area contributed by atoms with Crippen molar-refractivity contribution in [2.45, 2.75) is 65.2 Å². The first-order valence-corrected chi connectivity index (χ1v) is 8.91. The summed E-state index contributed by atoms with van der Waals surface area (Å²) in [4.78, 5) is 39.9. The van der Waals surface area contributed by atoms with E-state index in [1.54, 1.807) is 41.5 Å². The topological polar surface area (TPSA) is 103 Å². The van der Waals surface area contributed by atoms with Gasteiger partial charge in [-0.15, -0.1) is 0 Å². The lowest BCUT2D eigenvalue weighted by molar-refractivity contribution is -0.135. The minimum atomic E-state index is -1.03. The fourth-order valence-electron chi connectivity index (χ4n) is 1.39. The number of hydrogen-bond acceptors (Lipinski definition) is 7. The Hall–Kier alpha value is -1.64. The first-order valence-electron chi connectivity index (χ1n) is 7.52. The maximum Gasteiger partial charge on any atom is 0.533 e. The van der Waals surface area contributed by atoms with Crippen LogP contribution < -0.4 is 10.8 Å². The van der Waals surface area contributed by atoms with Crippen LogP contribution in [0.25, 0.3) is 0 Å². The molecule has 0 aliphatic heterocycles. The highest BCUT2D eigenvalue weighted by Crippen LogP contribution is 2.09. The Morgan fingerprint density at radius 1 is 1.00 bits per heavy atom. The molecule has 2 N–H and O–H groups in total. The van der Waals surface area contributed by atoms with Gasteiger partial charge in [-0.25, -0.2) is 9.59 Å². The van der Waals surface area contributed by atoms with Gasteiger partial charge in [0.25, 0.3) is 5.91 Å². The quantitative estimate of drug-likeness (QED) is 0.571. The molecule has 8 nitrogen and oxygen atoms in total. The van der Waals surface area contributed by atoms with Crippen LogP contribution in [0.2, 0.25) is 0 Å². The van der Waals surface area contributed by atoms with Crippen LogP contribution in [-0.2, 0) is 19.1 Å². The fraction of sp³-hybridized carbons (Fsp3) is 0.800. The van der Waals surface area contributed by atoms with Gasteiger partial charge in [-0.05, 0) is 60.0 Å². The number of nitrogens with one attached hydrogen (secondary N) is 2. The summed E-state index contributed by atoms with van der Waals surface area (Å²) in [6.07, 6.45) is 0.474. The molecule has 0 aromatic heterocycles. The summed E-state index contributed by atoms with van der Waals surface area (Å²) in [6, 6.07) is -0.894. The number of hydrogen-bond donors (Lipinski definition) is 2. The molecular weight excluding hydrogens is 336 g/mol. The molecule has 0 radical (unpaired) electrons. The molecule has 0 aromatic carbocycles. The molecule has 9 heteroatoms. The van der Waals surface area contributed by atoms with Gasteiger partial charge in [0.2, 0.25) is 0 Å². The Balaban J connectivity index is 4.60. The number of ether oxygens (including phenoxy) is 2. The zero-order valence-electron chi connectivity index (χ0n) is 15.3. The number of carbonyl (C=O) groups is 3. The Labute approximate surface area is 147 Å². The van der Waals surface area contributed by atoms with Crippen molar-refractivity contribution >= 4 is 29.9 Å². The van der Waals surface area contributed by atoms with Gasteiger partial charge < -0.3 is 19.6 Å². The molecule has 0 spiro atoms. The lowest BCUT2D eigenvalue weighted by Gasteiger charge is -2.23. The van der Waals surface area contributed by atoms with Crippen molar-refractivity contribution in [2.75, 3.05) is 12.0 Å². The van der Waals surface area contributed by atoms with Gasteiger partial charge in [0.05, 0.1) is 0 Å². The molecule has 0 unspecified atom stereocenters. The third-order valence-electron chi connectivity index (χ3n) is 2.24. The molecule has 0 heterocycles. The summed E-state index contributed by atoms with van der Waals surface area (Å²) < 4.78 is 10.0. The van der Waals surface area contributed by atoms with Gasteiger partial charge in [0.1, 0.15) is 17.2 Å². The van der Waals surface area contributed by atoms with Gasteiger partial charge in [-0.2, -0.15) is 17.2 Å². The maximum atomic E-state index is 12.1. The summed E-state index contributed by atoms with van der Waals surface area (Å²) in [5.41, 5.74) is 0.565. The number of carbonyl (C=O) groups excluding carboxylic acids is 3. The predicted molar refractivity (Wildman–Crippen MR) is 91.6 cm³/mol. The smallest absolute Gasteiger partial charge is 0.444 e. The lowest BCUT2D eigenvalue weighted by atomic mass is 10.2. The predicted octanol–water partition coefficient (Wildman–Crippen LogP) is 2.62. The Morgan fingerprint density at radius 2 is 1.54 bits per heavy atom. The molecule has 0 saturated carbocycles. The molecule has 1 atom stereocenters. The average Bonchev–Trinajstić information content (AvgIpc) is 2.36. The first-order chi connectivity index (χ1) is 10.8. The lowest BCUT2D eigenvalue weighted by Crippen LogP contribution is -2.49. The van der Waals surface area contributed by atoms with Gasteiger partial charge >= 0.3 is 12.2 Å². The third-order valence-corrected chi connectivity index (χ3v) is 2.89. The van der Waals surface area contributed by atoms with E-state index in [1.807, 2.05) is 11.7 Å². The summed E-state index contributed by atoms with van der Waals surface area (Å²) in [5, 5.41) is 2.46. The molecule has 0 rings (SSSR count). The fourth-order valence-corrected chi connectivity index (χ4v) is 1.86. The normalized spacial score (nSPS) is 12.8. The van der Waals surface area contributed by atoms with E-state index in [2.05, 4.69) is 10.2 Å². The Kier molecular flexibility index (Phi) is 8.95. The van der Waals surface area contributed by atoms with E-state index in [0.717, 1.165) is 0 Å². The van der Waals surface area contributed by atoms with Gasteiger partial charge in [-0.1, -0.05) is 0 Å². The van der Waals surface area contributed by atoms with Crippen LogP contribution in [0, 0.1) is 0 Å². The van der Waals surface area contributed by atoms with Crippen LogP contribution in [0.3, 0.4) is 0 Å². The summed E-state index contributed by atoms with van der Waals surface area (Å²) >= 11 is 1.52. The van der Waals surface area contributed by atoms with E-state index in [4.69, 9.17) is 9.47 Å². The van der Waals surface area contributed by atoms with Crippen molar-refractivity contribution in [1.29, 1.82) is 0 Å². The third kappa shape index (κ3) is 11.9. The van der Waals surface area contributed by atoms with Crippen molar-refractivity contribution in [2.24, 2.45) is 0 Å². The van der Waals surface area contributed by atoms with E-state index in [1.165, 1.54) is 11.8 Å². The molecule has 0 aliphatic carbocycles. The standard InChI is InChI=1S/C15H28N2O6S/c1-14(2,3)21-12(19)16-10(8-9-24-7)11(18)17-23-13(20)22-15(4,5)6/h10H,8-9H2,1-7H3,(H,16,19)(H,17,18)/t10-/m0/s1. The van der Waals surface area contributed by atoms with E-state index >= 15 is 0 Å². The highest BCUT2D eigenvalue weighted by Gasteiger charge is 2.26. The second kappa shape index (κ2) is 9.61. The monoisotopic (exact) mass is 364 g/mol. The highest BCUT2D eigenvalue weighted by molar-refractivity contribution is 7.98. The van der Waals surface area contributed by atoms with Gasteiger partial charge in [0, 0.05) is 0 Å². The second-order valence-corrected chi connectivity index (χ2v) is 8.00. The zero-order chi connectivity index (χ0) is 19.0. The number of amides is 2. The second-order valence-electron chi connectivity index (χ2n) is 7.01. The van der Waals surface area contributed by atoms with Gasteiger partial charge in [-0.3, -0.25) is 4.79 Å². The summed E-state index contributed by atoms with van der Waals surface area (Å²) in [7, 11) is 0.